The quantitative estimate of drug-likeness (QED) is 0.0211. The molecule has 0 aliphatic heterocycles. The number of rotatable bonds is 60. The minimum Gasteiger partial charge on any atom is -0.462 e. The maximum absolute atomic E-state index is 12.7. The van der Waals surface area contributed by atoms with Gasteiger partial charge in [-0.05, 0) is 44.9 Å². The normalized spacial score (nSPS) is 13.4. The van der Waals surface area contributed by atoms with E-state index < -0.39 is 26.5 Å². The van der Waals surface area contributed by atoms with Crippen molar-refractivity contribution in [3.05, 3.63) is 36.5 Å². The predicted octanol–water partition coefficient (Wildman–Crippen LogP) is 20.3. The molecule has 0 aromatic rings. The second-order valence-electron chi connectivity index (χ2n) is 23.1. The van der Waals surface area contributed by atoms with Gasteiger partial charge in [0.25, 0.3) is 0 Å². The molecule has 9 nitrogen and oxygen atoms in total. The van der Waals surface area contributed by atoms with Gasteiger partial charge in [0, 0.05) is 12.8 Å². The number of ether oxygens (including phenoxy) is 2. The molecule has 0 amide bonds. The van der Waals surface area contributed by atoms with Crippen LogP contribution in [0.15, 0.2) is 36.5 Å². The average Bonchev–Trinajstić information content (AvgIpc) is 3.37. The summed E-state index contributed by atoms with van der Waals surface area (Å²) < 4.78 is 34.5. The van der Waals surface area contributed by atoms with Crippen LogP contribution in [0.4, 0.5) is 0 Å². The van der Waals surface area contributed by atoms with Crippen molar-refractivity contribution in [2.24, 2.45) is 0 Å². The van der Waals surface area contributed by atoms with Gasteiger partial charge in [-0.1, -0.05) is 294 Å². The van der Waals surface area contributed by atoms with Crippen molar-refractivity contribution < 1.29 is 42.1 Å². The molecule has 2 unspecified atom stereocenters. The topological polar surface area (TPSA) is 108 Å². The Bertz CT molecular complexity index is 1360. The van der Waals surface area contributed by atoms with Gasteiger partial charge in [-0.2, -0.15) is 0 Å². The van der Waals surface area contributed by atoms with E-state index in [4.69, 9.17) is 18.5 Å². The Kier molecular flexibility index (Phi) is 55.6. The second-order valence-corrected chi connectivity index (χ2v) is 24.6. The van der Waals surface area contributed by atoms with Gasteiger partial charge in [0.1, 0.15) is 19.8 Å². The molecular weight excluding hydrogens is 954 g/mol. The Morgan fingerprint density at radius 3 is 1.13 bits per heavy atom. The van der Waals surface area contributed by atoms with E-state index in [0.29, 0.717) is 17.4 Å². The van der Waals surface area contributed by atoms with Gasteiger partial charge in [-0.3, -0.25) is 18.6 Å². The lowest BCUT2D eigenvalue weighted by atomic mass is 10.0. The first-order chi connectivity index (χ1) is 36.5. The molecule has 0 heterocycles. The third-order valence-corrected chi connectivity index (χ3v) is 15.4. The molecule has 0 radical (unpaired) electrons. The Labute approximate surface area is 465 Å². The molecule has 0 bridgehead atoms. The van der Waals surface area contributed by atoms with Gasteiger partial charge in [0.2, 0.25) is 0 Å². The molecule has 0 aliphatic rings. The summed E-state index contributed by atoms with van der Waals surface area (Å²) in [5.41, 5.74) is 0. The number of likely N-dealkylation sites (N-methyl/N-ethyl adjacent to an activating group) is 1. The zero-order valence-corrected chi connectivity index (χ0v) is 51.2. The third kappa shape index (κ3) is 61.3. The number of allylic oxidation sites excluding steroid dienone is 6. The third-order valence-electron chi connectivity index (χ3n) is 14.4. The highest BCUT2D eigenvalue weighted by Crippen LogP contribution is 2.43. The summed E-state index contributed by atoms with van der Waals surface area (Å²) in [5, 5.41) is 0. The number of phosphoric acid groups is 1. The van der Waals surface area contributed by atoms with Crippen molar-refractivity contribution in [1.29, 1.82) is 0 Å². The van der Waals surface area contributed by atoms with Crippen LogP contribution in [0.5, 0.6) is 0 Å². The number of phosphoric ester groups is 1. The van der Waals surface area contributed by atoms with Gasteiger partial charge in [0.15, 0.2) is 6.10 Å². The minimum atomic E-state index is -4.39. The van der Waals surface area contributed by atoms with E-state index in [2.05, 4.69) is 50.3 Å². The number of hydrogen-bond donors (Lipinski definition) is 1. The number of nitrogens with zero attached hydrogens (tertiary/aromatic N) is 1. The summed E-state index contributed by atoms with van der Waals surface area (Å²) >= 11 is 0. The average molecular weight is 1080 g/mol. The number of carbonyl (C=O) groups is 2. The lowest BCUT2D eigenvalue weighted by Gasteiger charge is -2.24. The number of esters is 2. The lowest BCUT2D eigenvalue weighted by Crippen LogP contribution is -2.37. The first-order valence-corrected chi connectivity index (χ1v) is 33.7. The highest BCUT2D eigenvalue weighted by molar-refractivity contribution is 7.47. The van der Waals surface area contributed by atoms with Gasteiger partial charge >= 0.3 is 19.8 Å². The first-order valence-electron chi connectivity index (χ1n) is 32.2. The van der Waals surface area contributed by atoms with Crippen LogP contribution in [-0.4, -0.2) is 74.9 Å². The van der Waals surface area contributed by atoms with E-state index in [-0.39, 0.29) is 32.0 Å². The molecule has 10 heteroatoms. The Morgan fingerprint density at radius 1 is 0.427 bits per heavy atom. The van der Waals surface area contributed by atoms with E-state index >= 15 is 0 Å². The first kappa shape index (κ1) is 73.2. The molecule has 442 valence electrons. The number of unbranched alkanes of at least 4 members (excludes halogenated alkanes) is 40. The molecule has 0 saturated heterocycles. The number of hydrogen-bond acceptors (Lipinski definition) is 7. The Morgan fingerprint density at radius 2 is 0.760 bits per heavy atom. The number of quaternary nitrogens is 1. The highest BCUT2D eigenvalue weighted by atomic mass is 31.2. The molecule has 0 saturated carbocycles. The largest absolute Gasteiger partial charge is 0.472 e. The lowest BCUT2D eigenvalue weighted by molar-refractivity contribution is -0.870. The second kappa shape index (κ2) is 56.9. The number of carbonyl (C=O) groups excluding carboxylic acids is 2. The highest BCUT2D eigenvalue weighted by Gasteiger charge is 2.27. The Balaban J connectivity index is 3.84. The summed E-state index contributed by atoms with van der Waals surface area (Å²) in [4.78, 5) is 35.6. The zero-order chi connectivity index (χ0) is 54.9. The summed E-state index contributed by atoms with van der Waals surface area (Å²) in [6, 6.07) is 0. The van der Waals surface area contributed by atoms with E-state index in [0.717, 1.165) is 57.8 Å². The van der Waals surface area contributed by atoms with Crippen molar-refractivity contribution in [2.45, 2.75) is 322 Å². The van der Waals surface area contributed by atoms with Crippen LogP contribution >= 0.6 is 7.82 Å². The van der Waals surface area contributed by atoms with Crippen molar-refractivity contribution in [2.75, 3.05) is 47.5 Å². The monoisotopic (exact) mass is 1080 g/mol. The van der Waals surface area contributed by atoms with Crippen LogP contribution in [0, 0.1) is 0 Å². The zero-order valence-electron chi connectivity index (χ0n) is 50.3. The van der Waals surface area contributed by atoms with Crippen molar-refractivity contribution >= 4 is 19.8 Å². The van der Waals surface area contributed by atoms with Crippen LogP contribution in [0.1, 0.15) is 316 Å². The standard InChI is InChI=1S/C65H124NO8P/c1-6-8-10-12-14-16-18-20-21-22-23-24-25-26-27-28-29-30-31-32-33-34-35-36-37-38-39-40-41-42-43-44-46-47-49-51-53-55-57-64(67)71-61-63(62-73-75(69,70)72-60-59-66(3,4)5)74-65(68)58-56-54-52-50-48-45-19-17-15-13-11-9-7-2/h9,11,15,17,45,48,63H,6-8,10,12-14,16,18-44,46-47,49-62H2,1-5H3/p+1/b11-9-,17-15-,48-45-. The van der Waals surface area contributed by atoms with Crippen LogP contribution in [0.3, 0.4) is 0 Å². The fourth-order valence-electron chi connectivity index (χ4n) is 9.51. The fraction of sp³-hybridized carbons (Fsp3) is 0.877. The van der Waals surface area contributed by atoms with Crippen LogP contribution in [-0.2, 0) is 32.7 Å². The molecule has 0 fully saturated rings. The minimum absolute atomic E-state index is 0.0268. The van der Waals surface area contributed by atoms with Crippen LogP contribution in [0.25, 0.3) is 0 Å². The van der Waals surface area contributed by atoms with Crippen LogP contribution in [0.2, 0.25) is 0 Å². The van der Waals surface area contributed by atoms with Crippen molar-refractivity contribution in [3.8, 4) is 0 Å². The summed E-state index contributed by atoms with van der Waals surface area (Å²) in [7, 11) is 1.47. The van der Waals surface area contributed by atoms with E-state index in [1.165, 1.54) is 225 Å². The molecule has 0 rings (SSSR count). The molecule has 0 spiro atoms. The summed E-state index contributed by atoms with van der Waals surface area (Å²) in [6.07, 6.45) is 71.4. The molecule has 75 heavy (non-hydrogen) atoms. The summed E-state index contributed by atoms with van der Waals surface area (Å²) in [6.45, 7) is 4.32. The fourth-order valence-corrected chi connectivity index (χ4v) is 10.2. The van der Waals surface area contributed by atoms with Gasteiger partial charge < -0.3 is 18.9 Å². The molecule has 2 atom stereocenters. The Hall–Kier alpha value is -1.77. The predicted molar refractivity (Wildman–Crippen MR) is 321 cm³/mol. The van der Waals surface area contributed by atoms with E-state index in [9.17, 15) is 19.0 Å². The molecular formula is C65H125NO8P+. The van der Waals surface area contributed by atoms with Crippen molar-refractivity contribution in [3.63, 3.8) is 0 Å². The van der Waals surface area contributed by atoms with Gasteiger partial charge in [-0.25, -0.2) is 4.57 Å². The van der Waals surface area contributed by atoms with E-state index in [1.54, 1.807) is 0 Å². The summed E-state index contributed by atoms with van der Waals surface area (Å²) in [5.74, 6) is -0.820. The maximum atomic E-state index is 12.7. The van der Waals surface area contributed by atoms with Crippen molar-refractivity contribution in [1.82, 2.24) is 0 Å². The van der Waals surface area contributed by atoms with Gasteiger partial charge in [-0.15, -0.1) is 0 Å². The molecule has 1 N–H and O–H groups in total. The molecule has 0 aliphatic carbocycles. The smallest absolute Gasteiger partial charge is 0.462 e. The van der Waals surface area contributed by atoms with Gasteiger partial charge in [0.05, 0.1) is 27.7 Å². The molecule has 0 aromatic carbocycles. The maximum Gasteiger partial charge on any atom is 0.472 e. The van der Waals surface area contributed by atoms with Crippen LogP contribution < -0.4 is 0 Å². The van der Waals surface area contributed by atoms with E-state index in [1.807, 2.05) is 21.1 Å². The SMILES string of the molecule is CC/C=C\C/C=C\C/C=C\CCCCCC(=O)OC(COC(=O)CCCCCCCCCCCCCCCCCCCCCCCCCCCCCCCCCCCCCCCC)COP(=O)(O)OCC[N+](C)(C)C. The molecule has 0 aromatic heterocycles.